The molecule has 20 heavy (non-hydrogen) atoms. The van der Waals surface area contributed by atoms with Crippen molar-refractivity contribution in [1.29, 1.82) is 0 Å². The molecule has 0 N–H and O–H groups in total. The summed E-state index contributed by atoms with van der Waals surface area (Å²) >= 11 is 0.893. The highest BCUT2D eigenvalue weighted by Gasteiger charge is 2.33. The van der Waals surface area contributed by atoms with Crippen molar-refractivity contribution in [3.63, 3.8) is 0 Å². The third kappa shape index (κ3) is 3.11. The van der Waals surface area contributed by atoms with Crippen LogP contribution in [0.25, 0.3) is 0 Å². The summed E-state index contributed by atoms with van der Waals surface area (Å²) in [4.78, 5) is 10.6. The number of ether oxygens (including phenoxy) is 1. The van der Waals surface area contributed by atoms with Crippen molar-refractivity contribution in [3.05, 3.63) is 51.7 Å². The molecule has 0 bridgehead atoms. The van der Waals surface area contributed by atoms with Gasteiger partial charge < -0.3 is 14.6 Å². The fourth-order valence-electron chi connectivity index (χ4n) is 1.64. The number of thiophene rings is 1. The van der Waals surface area contributed by atoms with Crippen molar-refractivity contribution in [3.8, 4) is 5.75 Å². The number of aromatic carboxylic acids is 1. The Morgan fingerprint density at radius 1 is 1.25 bits per heavy atom. The molecule has 0 spiro atoms. The van der Waals surface area contributed by atoms with Crippen molar-refractivity contribution >= 4 is 17.3 Å². The molecule has 1 heterocycles. The van der Waals surface area contributed by atoms with Gasteiger partial charge in [0.2, 0.25) is 0 Å². The first-order valence-electron chi connectivity index (χ1n) is 5.46. The van der Waals surface area contributed by atoms with Gasteiger partial charge in [0.15, 0.2) is 0 Å². The Labute approximate surface area is 116 Å². The number of alkyl halides is 3. The van der Waals surface area contributed by atoms with Crippen LogP contribution >= 0.6 is 11.3 Å². The van der Waals surface area contributed by atoms with Crippen LogP contribution in [-0.4, -0.2) is 5.97 Å². The summed E-state index contributed by atoms with van der Waals surface area (Å²) < 4.78 is 43.4. The van der Waals surface area contributed by atoms with E-state index in [1.54, 1.807) is 0 Å². The molecule has 0 fully saturated rings. The van der Waals surface area contributed by atoms with Gasteiger partial charge in [0.25, 0.3) is 0 Å². The maximum absolute atomic E-state index is 12.8. The molecule has 0 saturated heterocycles. The topological polar surface area (TPSA) is 49.4 Å². The summed E-state index contributed by atoms with van der Waals surface area (Å²) in [6.07, 6.45) is -4.48. The molecule has 0 aliphatic carbocycles. The van der Waals surface area contributed by atoms with Gasteiger partial charge in [0.05, 0.1) is 16.4 Å². The van der Waals surface area contributed by atoms with Crippen LogP contribution in [0.15, 0.2) is 35.7 Å². The Bertz CT molecular complexity index is 619. The fourth-order valence-corrected chi connectivity index (χ4v) is 2.31. The van der Waals surface area contributed by atoms with Gasteiger partial charge in [-0.25, -0.2) is 0 Å². The maximum atomic E-state index is 12.8. The highest BCUT2D eigenvalue weighted by Crippen LogP contribution is 2.33. The number of halogens is 3. The Morgan fingerprint density at radius 2 is 1.95 bits per heavy atom. The van der Waals surface area contributed by atoms with Crippen LogP contribution in [-0.2, 0) is 12.8 Å². The number of carboxylic acids is 1. The zero-order valence-electron chi connectivity index (χ0n) is 9.94. The average Bonchev–Trinajstić information content (AvgIpc) is 2.84. The number of carbonyl (C=O) groups excluding carboxylic acids is 1. The van der Waals surface area contributed by atoms with E-state index in [2.05, 4.69) is 0 Å². The highest BCUT2D eigenvalue weighted by molar-refractivity contribution is 7.12. The van der Waals surface area contributed by atoms with E-state index >= 15 is 0 Å². The number of hydrogen-bond donors (Lipinski definition) is 0. The lowest BCUT2D eigenvalue weighted by Gasteiger charge is -2.13. The largest absolute Gasteiger partial charge is 0.544 e. The summed E-state index contributed by atoms with van der Waals surface area (Å²) in [7, 11) is 0. The second-order valence-electron chi connectivity index (χ2n) is 3.85. The van der Waals surface area contributed by atoms with Crippen molar-refractivity contribution in [1.82, 2.24) is 0 Å². The van der Waals surface area contributed by atoms with E-state index in [0.29, 0.717) is 0 Å². The third-order valence-electron chi connectivity index (χ3n) is 2.52. The molecular formula is C13H8F3O3S-. The molecule has 7 heteroatoms. The van der Waals surface area contributed by atoms with E-state index < -0.39 is 17.7 Å². The van der Waals surface area contributed by atoms with Gasteiger partial charge in [0, 0.05) is 5.56 Å². The normalized spacial score (nSPS) is 11.3. The number of benzene rings is 1. The lowest BCUT2D eigenvalue weighted by Crippen LogP contribution is -2.21. The smallest absolute Gasteiger partial charge is 0.416 e. The second kappa shape index (κ2) is 5.54. The Kier molecular flexibility index (Phi) is 3.99. The molecule has 1 aromatic carbocycles. The SMILES string of the molecule is O=C([O-])c1sccc1OCc1ccccc1C(F)(F)F. The first kappa shape index (κ1) is 14.4. The number of carbonyl (C=O) groups is 1. The molecule has 0 atom stereocenters. The minimum atomic E-state index is -4.48. The highest BCUT2D eigenvalue weighted by atomic mass is 32.1. The summed E-state index contributed by atoms with van der Waals surface area (Å²) in [6, 6.07) is 6.36. The van der Waals surface area contributed by atoms with Crippen molar-refractivity contribution in [2.75, 3.05) is 0 Å². The summed E-state index contributed by atoms with van der Waals surface area (Å²) in [5.74, 6) is -1.41. The molecule has 2 aromatic rings. The van der Waals surface area contributed by atoms with Crippen LogP contribution in [0.3, 0.4) is 0 Å². The minimum Gasteiger partial charge on any atom is -0.544 e. The molecule has 0 unspecified atom stereocenters. The first-order valence-corrected chi connectivity index (χ1v) is 6.34. The van der Waals surface area contributed by atoms with E-state index in [-0.39, 0.29) is 22.8 Å². The van der Waals surface area contributed by atoms with E-state index in [4.69, 9.17) is 4.74 Å². The Morgan fingerprint density at radius 3 is 2.60 bits per heavy atom. The minimum absolute atomic E-state index is 0.00646. The van der Waals surface area contributed by atoms with Crippen LogP contribution in [0.2, 0.25) is 0 Å². The lowest BCUT2D eigenvalue weighted by atomic mass is 10.1. The Balaban J connectivity index is 2.20. The van der Waals surface area contributed by atoms with Gasteiger partial charge >= 0.3 is 6.18 Å². The standard InChI is InChI=1S/C13H9F3O3S/c14-13(15,16)9-4-2-1-3-8(9)7-19-10-5-6-20-11(10)12(17)18/h1-6H,7H2,(H,17,18)/p-1. The van der Waals surface area contributed by atoms with Gasteiger partial charge in [-0.2, -0.15) is 13.2 Å². The van der Waals surface area contributed by atoms with E-state index in [9.17, 15) is 23.1 Å². The van der Waals surface area contributed by atoms with E-state index in [1.165, 1.54) is 29.6 Å². The van der Waals surface area contributed by atoms with Crippen LogP contribution < -0.4 is 9.84 Å². The van der Waals surface area contributed by atoms with Crippen molar-refractivity contribution in [2.24, 2.45) is 0 Å². The van der Waals surface area contributed by atoms with Crippen LogP contribution in [0.5, 0.6) is 5.75 Å². The molecule has 3 nitrogen and oxygen atoms in total. The van der Waals surface area contributed by atoms with Gasteiger partial charge in [-0.15, -0.1) is 11.3 Å². The zero-order valence-corrected chi connectivity index (χ0v) is 10.8. The predicted octanol–water partition coefficient (Wildman–Crippen LogP) is 2.71. The van der Waals surface area contributed by atoms with Gasteiger partial charge in [0.1, 0.15) is 12.4 Å². The molecule has 0 radical (unpaired) electrons. The second-order valence-corrected chi connectivity index (χ2v) is 4.76. The summed E-state index contributed by atoms with van der Waals surface area (Å²) in [6.45, 7) is -0.368. The maximum Gasteiger partial charge on any atom is 0.416 e. The lowest BCUT2D eigenvalue weighted by molar-refractivity contribution is -0.254. The summed E-state index contributed by atoms with van der Waals surface area (Å²) in [5, 5.41) is 12.2. The first-order chi connectivity index (χ1) is 9.39. The molecule has 106 valence electrons. The van der Waals surface area contributed by atoms with E-state index in [1.807, 2.05) is 0 Å². The van der Waals surface area contributed by atoms with Crippen LogP contribution in [0, 0.1) is 0 Å². The van der Waals surface area contributed by atoms with Gasteiger partial charge in [-0.1, -0.05) is 18.2 Å². The molecule has 1 aromatic heterocycles. The molecule has 0 aliphatic rings. The van der Waals surface area contributed by atoms with E-state index in [0.717, 1.165) is 17.4 Å². The fraction of sp³-hybridized carbons (Fsp3) is 0.154. The number of rotatable bonds is 4. The van der Waals surface area contributed by atoms with Crippen LogP contribution in [0.4, 0.5) is 13.2 Å². The van der Waals surface area contributed by atoms with Crippen molar-refractivity contribution in [2.45, 2.75) is 12.8 Å². The van der Waals surface area contributed by atoms with Crippen molar-refractivity contribution < 1.29 is 27.8 Å². The monoisotopic (exact) mass is 301 g/mol. The molecule has 0 saturated carbocycles. The molecule has 0 amide bonds. The third-order valence-corrected chi connectivity index (χ3v) is 3.40. The summed E-state index contributed by atoms with van der Waals surface area (Å²) in [5.41, 5.74) is -0.860. The number of hydrogen-bond acceptors (Lipinski definition) is 4. The van der Waals surface area contributed by atoms with Gasteiger partial charge in [-0.05, 0) is 17.5 Å². The van der Waals surface area contributed by atoms with Gasteiger partial charge in [-0.3, -0.25) is 0 Å². The molecule has 2 rings (SSSR count). The molecular weight excluding hydrogens is 293 g/mol. The molecule has 0 aliphatic heterocycles. The number of carboxylic acid groups (broad SMARTS) is 1. The predicted molar refractivity (Wildman–Crippen MR) is 64.4 cm³/mol. The van der Waals surface area contributed by atoms with Crippen LogP contribution in [0.1, 0.15) is 20.8 Å². The Hall–Kier alpha value is -2.02. The quantitative estimate of drug-likeness (QED) is 0.872. The zero-order chi connectivity index (χ0) is 14.8. The average molecular weight is 301 g/mol.